The summed E-state index contributed by atoms with van der Waals surface area (Å²) in [5, 5.41) is 15.6. The fourth-order valence-corrected chi connectivity index (χ4v) is 5.00. The number of nitrogens with zero attached hydrogens (tertiary/aromatic N) is 4. The Morgan fingerprint density at radius 1 is 0.966 bits per heavy atom. The van der Waals surface area contributed by atoms with E-state index in [-0.39, 0.29) is 10.7 Å². The Kier molecular flexibility index (Phi) is 5.48. The highest BCUT2D eigenvalue weighted by atomic mass is 32.2. The van der Waals surface area contributed by atoms with Crippen LogP contribution in [0.5, 0.6) is 0 Å². The van der Waals surface area contributed by atoms with Crippen molar-refractivity contribution < 1.29 is 12.8 Å². The molecule has 3 aromatic rings. The first kappa shape index (κ1) is 19.7. The van der Waals surface area contributed by atoms with Gasteiger partial charge in [0.25, 0.3) is 0 Å². The summed E-state index contributed by atoms with van der Waals surface area (Å²) in [4.78, 5) is 4.31. The number of aromatic nitrogens is 2. The molecule has 10 heteroatoms. The third kappa shape index (κ3) is 4.55. The molecule has 0 atom stereocenters. The van der Waals surface area contributed by atoms with Gasteiger partial charge in [-0.15, -0.1) is 10.2 Å². The number of para-hydroxylation sites is 1. The van der Waals surface area contributed by atoms with Crippen LogP contribution in [0.2, 0.25) is 0 Å². The summed E-state index contributed by atoms with van der Waals surface area (Å²) in [6.07, 6.45) is 0.611. The first-order chi connectivity index (χ1) is 13.9. The number of hydrogen-bond donors (Lipinski definition) is 1. The summed E-state index contributed by atoms with van der Waals surface area (Å²) < 4.78 is 36.8. The van der Waals surface area contributed by atoms with Gasteiger partial charge in [0.2, 0.25) is 15.2 Å². The van der Waals surface area contributed by atoms with E-state index in [9.17, 15) is 12.8 Å². The third-order valence-electron chi connectivity index (χ3n) is 4.79. The van der Waals surface area contributed by atoms with E-state index in [1.54, 1.807) is 24.3 Å². The second-order valence-electron chi connectivity index (χ2n) is 6.77. The summed E-state index contributed by atoms with van der Waals surface area (Å²) in [6.45, 7) is 2.70. The Balaban J connectivity index is 1.42. The van der Waals surface area contributed by atoms with Gasteiger partial charge in [0.1, 0.15) is 15.7 Å². The molecule has 0 amide bonds. The van der Waals surface area contributed by atoms with Crippen molar-refractivity contribution in [2.24, 2.45) is 5.14 Å². The van der Waals surface area contributed by atoms with Gasteiger partial charge in [-0.3, -0.25) is 0 Å². The quantitative estimate of drug-likeness (QED) is 0.663. The second kappa shape index (κ2) is 8.05. The van der Waals surface area contributed by atoms with Crippen molar-refractivity contribution in [3.8, 4) is 0 Å². The number of sulfonamides is 1. The number of primary sulfonamides is 1. The smallest absolute Gasteiger partial charge is 0.240 e. The van der Waals surface area contributed by atoms with Crippen LogP contribution in [0.3, 0.4) is 0 Å². The van der Waals surface area contributed by atoms with Crippen molar-refractivity contribution >= 4 is 32.2 Å². The zero-order chi connectivity index (χ0) is 20.4. The van der Waals surface area contributed by atoms with Crippen LogP contribution < -0.4 is 14.9 Å². The molecule has 0 unspecified atom stereocenters. The standard InChI is InChI=1S/C19H20FN5O2S2/c20-15-7-5-14(6-8-15)13-18-22-23-19(28-18)25-11-9-24(10-12-25)16-3-1-2-4-17(16)29(21,26)27/h1-8H,9-13H2,(H2,21,26,27). The molecule has 1 aromatic heterocycles. The van der Waals surface area contributed by atoms with Crippen LogP contribution in [0.25, 0.3) is 0 Å². The highest BCUT2D eigenvalue weighted by Gasteiger charge is 2.24. The number of hydrogen-bond acceptors (Lipinski definition) is 7. The highest BCUT2D eigenvalue weighted by molar-refractivity contribution is 7.89. The summed E-state index contributed by atoms with van der Waals surface area (Å²) in [5.41, 5.74) is 1.61. The van der Waals surface area contributed by atoms with Gasteiger partial charge in [0, 0.05) is 32.6 Å². The molecule has 0 spiro atoms. The van der Waals surface area contributed by atoms with E-state index < -0.39 is 10.0 Å². The van der Waals surface area contributed by atoms with Crippen LogP contribution in [0.1, 0.15) is 10.6 Å². The molecule has 2 aromatic carbocycles. The van der Waals surface area contributed by atoms with E-state index in [1.807, 2.05) is 11.0 Å². The van der Waals surface area contributed by atoms with E-state index >= 15 is 0 Å². The van der Waals surface area contributed by atoms with Crippen LogP contribution in [0.15, 0.2) is 53.4 Å². The van der Waals surface area contributed by atoms with Crippen molar-refractivity contribution in [3.63, 3.8) is 0 Å². The molecule has 29 heavy (non-hydrogen) atoms. The summed E-state index contributed by atoms with van der Waals surface area (Å²) in [7, 11) is -3.78. The lowest BCUT2D eigenvalue weighted by molar-refractivity contribution is 0.595. The predicted octanol–water partition coefficient (Wildman–Crippen LogP) is 2.24. The molecule has 7 nitrogen and oxygen atoms in total. The van der Waals surface area contributed by atoms with E-state index in [4.69, 9.17) is 5.14 Å². The highest BCUT2D eigenvalue weighted by Crippen LogP contribution is 2.28. The Morgan fingerprint density at radius 2 is 1.62 bits per heavy atom. The summed E-state index contributed by atoms with van der Waals surface area (Å²) >= 11 is 1.52. The van der Waals surface area contributed by atoms with Gasteiger partial charge in [-0.2, -0.15) is 0 Å². The van der Waals surface area contributed by atoms with Crippen LogP contribution in [-0.4, -0.2) is 44.8 Å². The van der Waals surface area contributed by atoms with E-state index in [0.717, 1.165) is 15.7 Å². The topological polar surface area (TPSA) is 92.4 Å². The van der Waals surface area contributed by atoms with Gasteiger partial charge in [0.05, 0.1) is 5.69 Å². The molecular formula is C19H20FN5O2S2. The maximum absolute atomic E-state index is 13.0. The molecule has 152 valence electrons. The molecule has 0 aliphatic carbocycles. The number of nitrogens with two attached hydrogens (primary N) is 1. The lowest BCUT2D eigenvalue weighted by Crippen LogP contribution is -2.47. The molecule has 0 radical (unpaired) electrons. The first-order valence-electron chi connectivity index (χ1n) is 9.09. The zero-order valence-electron chi connectivity index (χ0n) is 15.5. The van der Waals surface area contributed by atoms with Crippen LogP contribution in [0.4, 0.5) is 15.2 Å². The van der Waals surface area contributed by atoms with Crippen LogP contribution >= 0.6 is 11.3 Å². The lowest BCUT2D eigenvalue weighted by atomic mass is 10.2. The molecule has 1 saturated heterocycles. The zero-order valence-corrected chi connectivity index (χ0v) is 17.2. The summed E-state index contributed by atoms with van der Waals surface area (Å²) in [5.74, 6) is -0.256. The maximum Gasteiger partial charge on any atom is 0.240 e. The second-order valence-corrected chi connectivity index (χ2v) is 9.34. The summed E-state index contributed by atoms with van der Waals surface area (Å²) in [6, 6.07) is 13.2. The molecule has 0 bridgehead atoms. The number of piperazine rings is 1. The Bertz CT molecular complexity index is 1090. The minimum absolute atomic E-state index is 0.144. The SMILES string of the molecule is NS(=O)(=O)c1ccccc1N1CCN(c2nnc(Cc3ccc(F)cc3)s2)CC1. The largest absolute Gasteiger partial charge is 0.367 e. The van der Waals surface area contributed by atoms with Gasteiger partial charge in [-0.1, -0.05) is 35.6 Å². The lowest BCUT2D eigenvalue weighted by Gasteiger charge is -2.36. The molecule has 1 fully saturated rings. The average Bonchev–Trinajstić information content (AvgIpc) is 3.18. The predicted molar refractivity (Wildman–Crippen MR) is 111 cm³/mol. The minimum Gasteiger partial charge on any atom is -0.367 e. The molecule has 0 saturated carbocycles. The van der Waals surface area contributed by atoms with Gasteiger partial charge < -0.3 is 9.80 Å². The Morgan fingerprint density at radius 3 is 2.31 bits per heavy atom. The minimum atomic E-state index is -3.78. The van der Waals surface area contributed by atoms with Gasteiger partial charge in [-0.05, 0) is 29.8 Å². The maximum atomic E-state index is 13.0. The molecule has 1 aliphatic heterocycles. The molecule has 4 rings (SSSR count). The Labute approximate surface area is 172 Å². The monoisotopic (exact) mass is 433 g/mol. The van der Waals surface area contributed by atoms with Crippen molar-refractivity contribution in [1.29, 1.82) is 0 Å². The third-order valence-corrected chi connectivity index (χ3v) is 6.73. The number of rotatable bonds is 5. The molecule has 2 N–H and O–H groups in total. The fourth-order valence-electron chi connectivity index (χ4n) is 3.32. The normalized spacial score (nSPS) is 15.0. The first-order valence-corrected chi connectivity index (χ1v) is 11.4. The van der Waals surface area contributed by atoms with Crippen molar-refractivity contribution in [2.75, 3.05) is 36.0 Å². The fraction of sp³-hybridized carbons (Fsp3) is 0.263. The molecule has 1 aliphatic rings. The van der Waals surface area contributed by atoms with E-state index in [2.05, 4.69) is 15.1 Å². The van der Waals surface area contributed by atoms with Crippen LogP contribution in [-0.2, 0) is 16.4 Å². The Hall–Kier alpha value is -2.56. The molecular weight excluding hydrogens is 413 g/mol. The van der Waals surface area contributed by atoms with E-state index in [0.29, 0.717) is 38.3 Å². The van der Waals surface area contributed by atoms with E-state index in [1.165, 1.54) is 29.5 Å². The van der Waals surface area contributed by atoms with Crippen LogP contribution in [0, 0.1) is 5.82 Å². The van der Waals surface area contributed by atoms with Crippen molar-refractivity contribution in [1.82, 2.24) is 10.2 Å². The van der Waals surface area contributed by atoms with Crippen molar-refractivity contribution in [3.05, 3.63) is 64.9 Å². The number of benzene rings is 2. The van der Waals surface area contributed by atoms with Gasteiger partial charge in [-0.25, -0.2) is 17.9 Å². The number of anilines is 2. The number of halogens is 1. The average molecular weight is 434 g/mol. The molecule has 2 heterocycles. The van der Waals surface area contributed by atoms with Crippen molar-refractivity contribution in [2.45, 2.75) is 11.3 Å². The van der Waals surface area contributed by atoms with Gasteiger partial charge in [0.15, 0.2) is 0 Å². The van der Waals surface area contributed by atoms with Gasteiger partial charge >= 0.3 is 0 Å².